The van der Waals surface area contributed by atoms with E-state index in [9.17, 15) is 0 Å². The van der Waals surface area contributed by atoms with Crippen LogP contribution in [-0.2, 0) is 6.42 Å². The zero-order valence-corrected chi connectivity index (χ0v) is 11.3. The molecule has 1 aromatic heterocycles. The van der Waals surface area contributed by atoms with Gasteiger partial charge in [0.1, 0.15) is 5.76 Å². The molecular weight excluding hydrogens is 210 g/mol. The van der Waals surface area contributed by atoms with Crippen molar-refractivity contribution < 1.29 is 4.42 Å². The Balaban J connectivity index is 1.83. The van der Waals surface area contributed by atoms with E-state index in [1.807, 2.05) is 6.07 Å². The fraction of sp³-hybridized carbons (Fsp3) is 0.733. The van der Waals surface area contributed by atoms with Crippen molar-refractivity contribution in [1.82, 2.24) is 5.32 Å². The molecule has 2 rings (SSSR count). The molecule has 0 saturated heterocycles. The van der Waals surface area contributed by atoms with Gasteiger partial charge in [-0.15, -0.1) is 0 Å². The molecule has 1 saturated carbocycles. The average molecular weight is 235 g/mol. The zero-order chi connectivity index (χ0) is 12.3. The molecule has 0 aliphatic heterocycles. The molecule has 0 radical (unpaired) electrons. The smallest absolute Gasteiger partial charge is 0.105 e. The fourth-order valence-corrected chi connectivity index (χ4v) is 2.97. The lowest BCUT2D eigenvalue weighted by molar-refractivity contribution is 0.194. The molecule has 0 spiro atoms. The molecule has 96 valence electrons. The van der Waals surface area contributed by atoms with E-state index in [-0.39, 0.29) is 0 Å². The van der Waals surface area contributed by atoms with Crippen LogP contribution in [0.1, 0.15) is 45.8 Å². The van der Waals surface area contributed by atoms with Gasteiger partial charge in [-0.3, -0.25) is 0 Å². The van der Waals surface area contributed by atoms with Gasteiger partial charge >= 0.3 is 0 Å². The third-order valence-corrected chi connectivity index (χ3v) is 4.29. The number of hydrogen-bond acceptors (Lipinski definition) is 2. The molecule has 1 aliphatic rings. The van der Waals surface area contributed by atoms with Crippen molar-refractivity contribution in [3.8, 4) is 0 Å². The van der Waals surface area contributed by atoms with Gasteiger partial charge in [-0.25, -0.2) is 0 Å². The summed E-state index contributed by atoms with van der Waals surface area (Å²) < 4.78 is 5.40. The van der Waals surface area contributed by atoms with Gasteiger partial charge < -0.3 is 9.73 Å². The van der Waals surface area contributed by atoms with Gasteiger partial charge in [0.15, 0.2) is 0 Å². The van der Waals surface area contributed by atoms with Crippen molar-refractivity contribution in [2.75, 3.05) is 0 Å². The minimum atomic E-state index is 0.499. The summed E-state index contributed by atoms with van der Waals surface area (Å²) in [6.07, 6.45) is 6.84. The fourth-order valence-electron chi connectivity index (χ4n) is 2.97. The Kier molecular flexibility index (Phi) is 4.27. The second kappa shape index (κ2) is 5.72. The van der Waals surface area contributed by atoms with Gasteiger partial charge in [0.25, 0.3) is 0 Å². The van der Waals surface area contributed by atoms with Crippen LogP contribution in [0.4, 0.5) is 0 Å². The highest BCUT2D eigenvalue weighted by Crippen LogP contribution is 2.29. The summed E-state index contributed by atoms with van der Waals surface area (Å²) in [4.78, 5) is 0. The van der Waals surface area contributed by atoms with Crippen molar-refractivity contribution in [1.29, 1.82) is 0 Å². The Hall–Kier alpha value is -0.760. The van der Waals surface area contributed by atoms with Gasteiger partial charge in [0.2, 0.25) is 0 Å². The molecule has 0 aromatic carbocycles. The van der Waals surface area contributed by atoms with E-state index in [1.54, 1.807) is 6.26 Å². The first-order valence-electron chi connectivity index (χ1n) is 6.95. The molecule has 4 atom stereocenters. The quantitative estimate of drug-likeness (QED) is 0.862. The lowest BCUT2D eigenvalue weighted by Gasteiger charge is -2.36. The third-order valence-electron chi connectivity index (χ3n) is 4.29. The highest BCUT2D eigenvalue weighted by Gasteiger charge is 2.27. The summed E-state index contributed by atoms with van der Waals surface area (Å²) in [7, 11) is 0. The van der Waals surface area contributed by atoms with Crippen LogP contribution in [0.3, 0.4) is 0 Å². The second-order valence-electron chi connectivity index (χ2n) is 5.72. The average Bonchev–Trinajstić information content (AvgIpc) is 2.77. The molecular formula is C15H25NO. The monoisotopic (exact) mass is 235 g/mol. The number of furan rings is 1. The molecule has 17 heavy (non-hydrogen) atoms. The molecule has 2 nitrogen and oxygen atoms in total. The molecule has 1 aromatic rings. The zero-order valence-electron chi connectivity index (χ0n) is 11.3. The molecule has 2 heteroatoms. The standard InChI is InChI=1S/C15H25NO/c1-11-6-4-8-15(13(11)3)16-12(2)10-14-7-5-9-17-14/h5,7,9,11-13,15-16H,4,6,8,10H2,1-3H3. The Morgan fingerprint density at radius 2 is 2.24 bits per heavy atom. The van der Waals surface area contributed by atoms with Crippen molar-refractivity contribution in [3.05, 3.63) is 24.2 Å². The van der Waals surface area contributed by atoms with Gasteiger partial charge in [-0.05, 0) is 37.3 Å². The first-order chi connectivity index (χ1) is 8.16. The summed E-state index contributed by atoms with van der Waals surface area (Å²) in [6.45, 7) is 7.03. The van der Waals surface area contributed by atoms with Crippen molar-refractivity contribution in [2.24, 2.45) is 11.8 Å². The minimum absolute atomic E-state index is 0.499. The molecule has 0 bridgehead atoms. The predicted molar refractivity (Wildman–Crippen MR) is 71.0 cm³/mol. The summed E-state index contributed by atoms with van der Waals surface area (Å²) >= 11 is 0. The summed E-state index contributed by atoms with van der Waals surface area (Å²) in [5, 5.41) is 3.78. The molecule has 4 unspecified atom stereocenters. The van der Waals surface area contributed by atoms with Crippen LogP contribution in [0.15, 0.2) is 22.8 Å². The van der Waals surface area contributed by atoms with Crippen molar-refractivity contribution >= 4 is 0 Å². The Morgan fingerprint density at radius 1 is 1.41 bits per heavy atom. The maximum Gasteiger partial charge on any atom is 0.105 e. The van der Waals surface area contributed by atoms with Crippen LogP contribution in [0.2, 0.25) is 0 Å². The summed E-state index contributed by atoms with van der Waals surface area (Å²) in [6, 6.07) is 5.21. The third kappa shape index (κ3) is 3.35. The Bertz CT molecular complexity index is 320. The van der Waals surface area contributed by atoms with E-state index in [2.05, 4.69) is 32.2 Å². The maximum absolute atomic E-state index is 5.40. The van der Waals surface area contributed by atoms with Crippen LogP contribution in [-0.4, -0.2) is 12.1 Å². The van der Waals surface area contributed by atoms with Gasteiger partial charge in [0.05, 0.1) is 6.26 Å². The molecule has 0 amide bonds. The van der Waals surface area contributed by atoms with Crippen molar-refractivity contribution in [3.63, 3.8) is 0 Å². The van der Waals surface area contributed by atoms with Crippen LogP contribution >= 0.6 is 0 Å². The normalized spacial score (nSPS) is 31.4. The van der Waals surface area contributed by atoms with Crippen LogP contribution in [0.25, 0.3) is 0 Å². The van der Waals surface area contributed by atoms with E-state index in [0.29, 0.717) is 12.1 Å². The summed E-state index contributed by atoms with van der Waals surface area (Å²) in [5.41, 5.74) is 0. The first kappa shape index (κ1) is 12.7. The van der Waals surface area contributed by atoms with Crippen LogP contribution in [0.5, 0.6) is 0 Å². The van der Waals surface area contributed by atoms with Crippen LogP contribution < -0.4 is 5.32 Å². The predicted octanol–water partition coefficient (Wildman–Crippen LogP) is 3.62. The Morgan fingerprint density at radius 3 is 2.94 bits per heavy atom. The first-order valence-corrected chi connectivity index (χ1v) is 6.95. The Labute approximate surface area is 105 Å². The molecule has 1 fully saturated rings. The number of rotatable bonds is 4. The maximum atomic E-state index is 5.40. The van der Waals surface area contributed by atoms with E-state index < -0.39 is 0 Å². The highest BCUT2D eigenvalue weighted by atomic mass is 16.3. The second-order valence-corrected chi connectivity index (χ2v) is 5.72. The van der Waals surface area contributed by atoms with Gasteiger partial charge in [-0.1, -0.05) is 26.7 Å². The topological polar surface area (TPSA) is 25.2 Å². The number of nitrogens with one attached hydrogen (secondary N) is 1. The van der Waals surface area contributed by atoms with Crippen molar-refractivity contribution in [2.45, 2.75) is 58.5 Å². The van der Waals surface area contributed by atoms with E-state index in [1.165, 1.54) is 19.3 Å². The van der Waals surface area contributed by atoms with Crippen LogP contribution in [0, 0.1) is 11.8 Å². The molecule has 1 aliphatic carbocycles. The lowest BCUT2D eigenvalue weighted by atomic mass is 9.78. The summed E-state index contributed by atoms with van der Waals surface area (Å²) in [5.74, 6) is 2.74. The lowest BCUT2D eigenvalue weighted by Crippen LogP contribution is -2.45. The number of hydrogen-bond donors (Lipinski definition) is 1. The largest absolute Gasteiger partial charge is 0.469 e. The minimum Gasteiger partial charge on any atom is -0.469 e. The molecule has 1 N–H and O–H groups in total. The molecule has 1 heterocycles. The SMILES string of the molecule is CC(Cc1ccco1)NC1CCCC(C)C1C. The highest BCUT2D eigenvalue weighted by molar-refractivity contribution is 5.00. The van der Waals surface area contributed by atoms with E-state index in [0.717, 1.165) is 24.0 Å². The van der Waals surface area contributed by atoms with E-state index >= 15 is 0 Å². The van der Waals surface area contributed by atoms with E-state index in [4.69, 9.17) is 4.42 Å². The van der Waals surface area contributed by atoms with Gasteiger partial charge in [-0.2, -0.15) is 0 Å². The van der Waals surface area contributed by atoms with Gasteiger partial charge in [0, 0.05) is 18.5 Å².